The summed E-state index contributed by atoms with van der Waals surface area (Å²) in [6.07, 6.45) is 3.70. The fraction of sp³-hybridized carbons (Fsp3) is 0.368. The second-order valence-corrected chi connectivity index (χ2v) is 7.39. The van der Waals surface area contributed by atoms with Gasteiger partial charge in [-0.2, -0.15) is 0 Å². The van der Waals surface area contributed by atoms with Crippen LogP contribution in [0.2, 0.25) is 0 Å². The van der Waals surface area contributed by atoms with Crippen LogP contribution in [0.15, 0.2) is 41.1 Å². The maximum Gasteiger partial charge on any atom is 0.319 e. The molecule has 3 amide bonds. The molecule has 1 aromatic carbocycles. The largest absolute Gasteiger partial charge is 0.339 e. The fourth-order valence-corrected chi connectivity index (χ4v) is 3.53. The van der Waals surface area contributed by atoms with E-state index in [1.165, 1.54) is 0 Å². The van der Waals surface area contributed by atoms with Crippen LogP contribution in [0.5, 0.6) is 0 Å². The standard InChI is InChI=1S/C19H23BrN6O2/c1-14-3-4-16(15(20)13-14)24-19(28)23-8-5-17(27)25-9-11-26(12-10-25)18-21-6-2-7-22-18/h2-4,6-7,13H,5,8-12H2,1H3,(H2,23,24,28). The number of hydrogen-bond acceptors (Lipinski definition) is 5. The number of rotatable bonds is 5. The molecule has 0 atom stereocenters. The number of nitrogens with zero attached hydrogens (tertiary/aromatic N) is 4. The minimum atomic E-state index is -0.330. The molecule has 1 saturated heterocycles. The van der Waals surface area contributed by atoms with Gasteiger partial charge in [-0.25, -0.2) is 14.8 Å². The van der Waals surface area contributed by atoms with E-state index in [0.717, 1.165) is 10.0 Å². The highest BCUT2D eigenvalue weighted by Crippen LogP contribution is 2.23. The number of aromatic nitrogens is 2. The Kier molecular flexibility index (Phi) is 6.80. The van der Waals surface area contributed by atoms with E-state index >= 15 is 0 Å². The lowest BCUT2D eigenvalue weighted by Gasteiger charge is -2.34. The number of amides is 3. The first-order valence-electron chi connectivity index (χ1n) is 9.13. The van der Waals surface area contributed by atoms with Gasteiger partial charge in [-0.15, -0.1) is 0 Å². The smallest absolute Gasteiger partial charge is 0.319 e. The minimum Gasteiger partial charge on any atom is -0.339 e. The van der Waals surface area contributed by atoms with Crippen LogP contribution in [0.4, 0.5) is 16.4 Å². The molecule has 0 unspecified atom stereocenters. The number of nitrogens with one attached hydrogen (secondary N) is 2. The van der Waals surface area contributed by atoms with E-state index < -0.39 is 0 Å². The molecule has 2 N–H and O–H groups in total. The summed E-state index contributed by atoms with van der Waals surface area (Å²) in [4.78, 5) is 36.7. The van der Waals surface area contributed by atoms with Crippen LogP contribution >= 0.6 is 15.9 Å². The quantitative estimate of drug-likeness (QED) is 0.735. The lowest BCUT2D eigenvalue weighted by Crippen LogP contribution is -2.49. The zero-order valence-electron chi connectivity index (χ0n) is 15.7. The highest BCUT2D eigenvalue weighted by Gasteiger charge is 2.22. The van der Waals surface area contributed by atoms with Gasteiger partial charge in [0.05, 0.1) is 5.69 Å². The average molecular weight is 447 g/mol. The van der Waals surface area contributed by atoms with Crippen LogP contribution in [0.1, 0.15) is 12.0 Å². The van der Waals surface area contributed by atoms with Gasteiger partial charge in [0, 0.05) is 56.0 Å². The molecule has 3 rings (SSSR count). The SMILES string of the molecule is Cc1ccc(NC(=O)NCCC(=O)N2CCN(c3ncccn3)CC2)c(Br)c1. The predicted molar refractivity (Wildman–Crippen MR) is 111 cm³/mol. The van der Waals surface area contributed by atoms with Crippen LogP contribution in [-0.4, -0.2) is 59.5 Å². The summed E-state index contributed by atoms with van der Waals surface area (Å²) in [5.74, 6) is 0.723. The molecule has 1 aromatic heterocycles. The van der Waals surface area contributed by atoms with E-state index in [2.05, 4.69) is 41.4 Å². The van der Waals surface area contributed by atoms with Gasteiger partial charge in [-0.05, 0) is 46.6 Å². The Bertz CT molecular complexity index is 824. The molecule has 0 saturated carbocycles. The third kappa shape index (κ3) is 5.41. The summed E-state index contributed by atoms with van der Waals surface area (Å²) in [6, 6.07) is 7.14. The zero-order valence-corrected chi connectivity index (χ0v) is 17.3. The monoisotopic (exact) mass is 446 g/mol. The molecular weight excluding hydrogens is 424 g/mol. The highest BCUT2D eigenvalue weighted by molar-refractivity contribution is 9.10. The van der Waals surface area contributed by atoms with Gasteiger partial charge in [-0.1, -0.05) is 6.07 Å². The van der Waals surface area contributed by atoms with Crippen molar-refractivity contribution in [2.24, 2.45) is 0 Å². The number of anilines is 2. The van der Waals surface area contributed by atoms with Gasteiger partial charge in [0.1, 0.15) is 0 Å². The Hall–Kier alpha value is -2.68. The lowest BCUT2D eigenvalue weighted by molar-refractivity contribution is -0.131. The predicted octanol–water partition coefficient (Wildman–Crippen LogP) is 2.41. The molecule has 2 heterocycles. The second kappa shape index (κ2) is 9.50. The second-order valence-electron chi connectivity index (χ2n) is 6.53. The summed E-state index contributed by atoms with van der Waals surface area (Å²) in [6.45, 7) is 4.92. The molecule has 0 spiro atoms. The number of hydrogen-bond donors (Lipinski definition) is 2. The van der Waals surface area contributed by atoms with E-state index in [-0.39, 0.29) is 24.9 Å². The first-order valence-corrected chi connectivity index (χ1v) is 9.93. The molecule has 148 valence electrons. The van der Waals surface area contributed by atoms with Crippen LogP contribution < -0.4 is 15.5 Å². The van der Waals surface area contributed by atoms with Gasteiger partial charge in [-0.3, -0.25) is 4.79 Å². The number of benzene rings is 1. The zero-order chi connectivity index (χ0) is 19.9. The Morgan fingerprint density at radius 2 is 1.86 bits per heavy atom. The van der Waals surface area contributed by atoms with Crippen molar-refractivity contribution < 1.29 is 9.59 Å². The van der Waals surface area contributed by atoms with Gasteiger partial charge < -0.3 is 20.4 Å². The van der Waals surface area contributed by atoms with Crippen molar-refractivity contribution in [2.45, 2.75) is 13.3 Å². The first-order chi connectivity index (χ1) is 13.5. The van der Waals surface area contributed by atoms with E-state index in [0.29, 0.717) is 37.8 Å². The van der Waals surface area contributed by atoms with Crippen molar-refractivity contribution in [1.82, 2.24) is 20.2 Å². The summed E-state index contributed by atoms with van der Waals surface area (Å²) < 4.78 is 0.819. The van der Waals surface area contributed by atoms with Gasteiger partial charge in [0.15, 0.2) is 0 Å². The van der Waals surface area contributed by atoms with E-state index in [1.54, 1.807) is 18.5 Å². The number of urea groups is 1. The Labute approximate surface area is 172 Å². The average Bonchev–Trinajstić information content (AvgIpc) is 2.71. The lowest BCUT2D eigenvalue weighted by atomic mass is 10.2. The Morgan fingerprint density at radius 3 is 2.54 bits per heavy atom. The molecule has 1 aliphatic rings. The Morgan fingerprint density at radius 1 is 1.14 bits per heavy atom. The number of piperazine rings is 1. The maximum absolute atomic E-state index is 12.4. The van der Waals surface area contributed by atoms with E-state index in [9.17, 15) is 9.59 Å². The van der Waals surface area contributed by atoms with Crippen molar-refractivity contribution in [1.29, 1.82) is 0 Å². The number of aryl methyl sites for hydroxylation is 1. The number of carbonyl (C=O) groups is 2. The minimum absolute atomic E-state index is 0.0328. The molecule has 0 aliphatic carbocycles. The summed E-state index contributed by atoms with van der Waals surface area (Å²) in [5, 5.41) is 5.50. The van der Waals surface area contributed by atoms with Crippen molar-refractivity contribution in [3.63, 3.8) is 0 Å². The molecule has 1 fully saturated rings. The molecule has 8 nitrogen and oxygen atoms in total. The van der Waals surface area contributed by atoms with Crippen LogP contribution in [-0.2, 0) is 4.79 Å². The first kappa shape index (κ1) is 20.1. The van der Waals surface area contributed by atoms with Crippen molar-refractivity contribution in [3.8, 4) is 0 Å². The third-order valence-electron chi connectivity index (χ3n) is 4.46. The topological polar surface area (TPSA) is 90.5 Å². The maximum atomic E-state index is 12.4. The Balaban J connectivity index is 1.38. The van der Waals surface area contributed by atoms with Crippen LogP contribution in [0.25, 0.3) is 0 Å². The highest BCUT2D eigenvalue weighted by atomic mass is 79.9. The molecule has 9 heteroatoms. The van der Waals surface area contributed by atoms with Crippen molar-refractivity contribution in [2.75, 3.05) is 42.9 Å². The van der Waals surface area contributed by atoms with Gasteiger partial charge >= 0.3 is 6.03 Å². The normalized spacial score (nSPS) is 13.9. The van der Waals surface area contributed by atoms with Crippen LogP contribution in [0, 0.1) is 6.92 Å². The van der Waals surface area contributed by atoms with Crippen molar-refractivity contribution >= 4 is 39.5 Å². The van der Waals surface area contributed by atoms with E-state index in [4.69, 9.17) is 0 Å². The summed E-state index contributed by atoms with van der Waals surface area (Å²) in [7, 11) is 0. The molecule has 0 radical (unpaired) electrons. The third-order valence-corrected chi connectivity index (χ3v) is 5.12. The van der Waals surface area contributed by atoms with Crippen LogP contribution in [0.3, 0.4) is 0 Å². The summed E-state index contributed by atoms with van der Waals surface area (Å²) >= 11 is 3.42. The summed E-state index contributed by atoms with van der Waals surface area (Å²) in [5.41, 5.74) is 1.79. The molecule has 2 aromatic rings. The molecule has 28 heavy (non-hydrogen) atoms. The fourth-order valence-electron chi connectivity index (χ4n) is 2.94. The molecular formula is C19H23BrN6O2. The molecule has 0 bridgehead atoms. The van der Waals surface area contributed by atoms with Crippen molar-refractivity contribution in [3.05, 3.63) is 46.7 Å². The molecule has 1 aliphatic heterocycles. The number of carbonyl (C=O) groups excluding carboxylic acids is 2. The number of halogens is 1. The van der Waals surface area contributed by atoms with Gasteiger partial charge in [0.25, 0.3) is 0 Å². The van der Waals surface area contributed by atoms with Gasteiger partial charge in [0.2, 0.25) is 11.9 Å². The van der Waals surface area contributed by atoms with E-state index in [1.807, 2.05) is 30.0 Å².